The highest BCUT2D eigenvalue weighted by Gasteiger charge is 2.23. The lowest BCUT2D eigenvalue weighted by atomic mass is 10.0. The molecule has 11 aromatic rings. The van der Waals surface area contributed by atoms with Crippen molar-refractivity contribution < 1.29 is 0 Å². The summed E-state index contributed by atoms with van der Waals surface area (Å²) in [6.07, 6.45) is 0. The zero-order valence-corrected chi connectivity index (χ0v) is 29.1. The third-order valence-corrected chi connectivity index (χ3v) is 10.5. The van der Waals surface area contributed by atoms with Crippen molar-refractivity contribution in [2.24, 2.45) is 0 Å². The van der Waals surface area contributed by atoms with Crippen LogP contribution in [0.1, 0.15) is 0 Å². The van der Waals surface area contributed by atoms with Crippen molar-refractivity contribution in [2.75, 3.05) is 0 Å². The summed E-state index contributed by atoms with van der Waals surface area (Å²) in [5.41, 5.74) is 11.4. The molecule has 5 nitrogen and oxygen atoms in total. The molecule has 0 aliphatic rings. The molecule has 5 heteroatoms. The number of pyridine rings is 1. The van der Waals surface area contributed by atoms with Crippen molar-refractivity contribution in [3.8, 4) is 45.4 Å². The van der Waals surface area contributed by atoms with Crippen LogP contribution in [0.15, 0.2) is 188 Å². The predicted octanol–water partition coefficient (Wildman–Crippen LogP) is 12.2. The normalized spacial score (nSPS) is 11.7. The first-order valence-electron chi connectivity index (χ1n) is 18.2. The van der Waals surface area contributed by atoms with Crippen molar-refractivity contribution in [3.63, 3.8) is 0 Å². The fourth-order valence-electron chi connectivity index (χ4n) is 8.13. The van der Waals surface area contributed by atoms with Gasteiger partial charge in [-0.05, 0) is 47.5 Å². The Balaban J connectivity index is 1.26. The van der Waals surface area contributed by atoms with E-state index in [9.17, 15) is 0 Å². The van der Waals surface area contributed by atoms with E-state index < -0.39 is 0 Å². The molecule has 0 N–H and O–H groups in total. The zero-order valence-electron chi connectivity index (χ0n) is 29.1. The van der Waals surface area contributed by atoms with Crippen LogP contribution in [-0.2, 0) is 0 Å². The second-order valence-electron chi connectivity index (χ2n) is 13.6. The minimum Gasteiger partial charge on any atom is -0.294 e. The fourth-order valence-corrected chi connectivity index (χ4v) is 8.13. The van der Waals surface area contributed by atoms with E-state index in [1.807, 2.05) is 18.2 Å². The van der Waals surface area contributed by atoms with Crippen LogP contribution in [0.25, 0.3) is 99.9 Å². The molecule has 0 radical (unpaired) electrons. The lowest BCUT2D eigenvalue weighted by Crippen LogP contribution is -2.04. The van der Waals surface area contributed by atoms with Gasteiger partial charge in [0, 0.05) is 38.1 Å². The van der Waals surface area contributed by atoms with Crippen molar-refractivity contribution in [2.45, 2.75) is 0 Å². The molecule has 0 saturated carbocycles. The van der Waals surface area contributed by atoms with Crippen LogP contribution < -0.4 is 0 Å². The summed E-state index contributed by atoms with van der Waals surface area (Å²) in [6.45, 7) is 0. The van der Waals surface area contributed by atoms with Gasteiger partial charge in [-0.3, -0.25) is 9.13 Å². The van der Waals surface area contributed by atoms with Crippen molar-refractivity contribution in [1.82, 2.24) is 24.1 Å². The summed E-state index contributed by atoms with van der Waals surface area (Å²) in [5.74, 6) is 1.50. The van der Waals surface area contributed by atoms with Gasteiger partial charge in [0.15, 0.2) is 0 Å². The number of benzene rings is 7. The van der Waals surface area contributed by atoms with Crippen LogP contribution in [0.5, 0.6) is 0 Å². The molecule has 4 heterocycles. The second-order valence-corrected chi connectivity index (χ2v) is 13.6. The number of nitrogens with zero attached hydrogens (tertiary/aromatic N) is 5. The molecule has 0 aliphatic carbocycles. The number of fused-ring (bicyclic) bond motifs is 8. The second kappa shape index (κ2) is 12.1. The zero-order chi connectivity index (χ0) is 35.6. The number of hydrogen-bond acceptors (Lipinski definition) is 3. The average molecular weight is 690 g/mol. The van der Waals surface area contributed by atoms with E-state index in [2.05, 4.69) is 179 Å². The molecule has 11 rings (SSSR count). The van der Waals surface area contributed by atoms with Gasteiger partial charge in [0.25, 0.3) is 0 Å². The summed E-state index contributed by atoms with van der Waals surface area (Å²) in [6, 6.07) is 65.9. The van der Waals surface area contributed by atoms with E-state index in [0.717, 1.165) is 94.0 Å². The van der Waals surface area contributed by atoms with E-state index in [1.165, 1.54) is 0 Å². The summed E-state index contributed by atoms with van der Waals surface area (Å²) in [4.78, 5) is 16.1. The lowest BCUT2D eigenvalue weighted by molar-refractivity contribution is 1.02. The molecule has 0 fully saturated rings. The summed E-state index contributed by atoms with van der Waals surface area (Å²) in [7, 11) is 0. The van der Waals surface area contributed by atoms with Crippen LogP contribution in [-0.4, -0.2) is 24.1 Å². The number of hydrogen-bond donors (Lipinski definition) is 0. The maximum Gasteiger partial charge on any atom is 0.235 e. The Hall–Kier alpha value is -7.37. The van der Waals surface area contributed by atoms with Gasteiger partial charge in [0.1, 0.15) is 5.82 Å². The third kappa shape index (κ3) is 4.69. The standard InChI is InChI=1S/C49H31N5/c1-4-16-32(17-5-1)35-30-41(33-18-6-2-7-19-33)50-45(31-35)53-43-27-15-12-24-39(43)46-44(53)29-28-37-36-22-11-14-26-42(36)54(48(37)46)49-51-40-25-13-10-23-38(40)47(52-49)34-20-8-3-9-21-34/h1-31H. The van der Waals surface area contributed by atoms with E-state index >= 15 is 0 Å². The molecular weight excluding hydrogens is 659 g/mol. The molecule has 0 aliphatic heterocycles. The number of aromatic nitrogens is 5. The van der Waals surface area contributed by atoms with Crippen molar-refractivity contribution >= 4 is 54.5 Å². The molecule has 54 heavy (non-hydrogen) atoms. The molecule has 0 saturated heterocycles. The first-order chi connectivity index (χ1) is 26.8. The highest BCUT2D eigenvalue weighted by Crippen LogP contribution is 2.42. The summed E-state index contributed by atoms with van der Waals surface area (Å²) < 4.78 is 4.59. The molecule has 0 amide bonds. The van der Waals surface area contributed by atoms with Gasteiger partial charge >= 0.3 is 0 Å². The number of rotatable bonds is 5. The predicted molar refractivity (Wildman–Crippen MR) is 222 cm³/mol. The SMILES string of the molecule is c1ccc(-c2cc(-c3ccccc3)nc(-n3c4ccccc4c4c3ccc3c5ccccc5n(-c5nc(-c6ccccc6)c6ccccc6n5)c34)c2)cc1. The van der Waals surface area contributed by atoms with Crippen LogP contribution in [0.2, 0.25) is 0 Å². The average Bonchev–Trinajstić information content (AvgIpc) is 3.77. The minimum atomic E-state index is 0.638. The van der Waals surface area contributed by atoms with Gasteiger partial charge in [-0.2, -0.15) is 0 Å². The maximum atomic E-state index is 5.39. The Morgan fingerprint density at radius 3 is 1.69 bits per heavy atom. The molecule has 0 spiro atoms. The van der Waals surface area contributed by atoms with Gasteiger partial charge < -0.3 is 0 Å². The molecule has 7 aromatic carbocycles. The van der Waals surface area contributed by atoms with Crippen LogP contribution in [0.3, 0.4) is 0 Å². The molecule has 0 unspecified atom stereocenters. The largest absolute Gasteiger partial charge is 0.294 e. The van der Waals surface area contributed by atoms with E-state index in [0.29, 0.717) is 5.95 Å². The monoisotopic (exact) mass is 689 g/mol. The Labute approximate surface area is 311 Å². The van der Waals surface area contributed by atoms with Gasteiger partial charge in [0.2, 0.25) is 5.95 Å². The van der Waals surface area contributed by atoms with E-state index in [1.54, 1.807) is 0 Å². The van der Waals surface area contributed by atoms with Gasteiger partial charge in [-0.15, -0.1) is 0 Å². The van der Waals surface area contributed by atoms with Crippen LogP contribution in [0.4, 0.5) is 0 Å². The first-order valence-corrected chi connectivity index (χ1v) is 18.2. The Bertz CT molecular complexity index is 3140. The Morgan fingerprint density at radius 2 is 0.944 bits per heavy atom. The highest BCUT2D eigenvalue weighted by molar-refractivity contribution is 6.26. The Morgan fingerprint density at radius 1 is 0.352 bits per heavy atom. The summed E-state index contributed by atoms with van der Waals surface area (Å²) >= 11 is 0. The lowest BCUT2D eigenvalue weighted by Gasteiger charge is -2.13. The van der Waals surface area contributed by atoms with E-state index in [4.69, 9.17) is 15.0 Å². The quantitative estimate of drug-likeness (QED) is 0.181. The van der Waals surface area contributed by atoms with Gasteiger partial charge in [0.05, 0.1) is 39.0 Å². The van der Waals surface area contributed by atoms with Crippen molar-refractivity contribution in [1.29, 1.82) is 0 Å². The van der Waals surface area contributed by atoms with Gasteiger partial charge in [-0.25, -0.2) is 15.0 Å². The number of para-hydroxylation sites is 3. The topological polar surface area (TPSA) is 48.5 Å². The minimum absolute atomic E-state index is 0.638. The highest BCUT2D eigenvalue weighted by atomic mass is 15.2. The summed E-state index contributed by atoms with van der Waals surface area (Å²) in [5, 5.41) is 5.59. The smallest absolute Gasteiger partial charge is 0.235 e. The van der Waals surface area contributed by atoms with Crippen LogP contribution in [0, 0.1) is 0 Å². The third-order valence-electron chi connectivity index (χ3n) is 10.5. The fraction of sp³-hybridized carbons (Fsp3) is 0. The molecular formula is C49H31N5. The van der Waals surface area contributed by atoms with Crippen molar-refractivity contribution in [3.05, 3.63) is 188 Å². The molecule has 252 valence electrons. The van der Waals surface area contributed by atoms with Crippen LogP contribution >= 0.6 is 0 Å². The maximum absolute atomic E-state index is 5.39. The molecule has 4 aromatic heterocycles. The molecule has 0 bridgehead atoms. The van der Waals surface area contributed by atoms with E-state index in [-0.39, 0.29) is 0 Å². The first kappa shape index (κ1) is 30.3. The molecule has 0 atom stereocenters. The van der Waals surface area contributed by atoms with Gasteiger partial charge in [-0.1, -0.05) is 152 Å². The Kier molecular flexibility index (Phi) is 6.79.